The summed E-state index contributed by atoms with van der Waals surface area (Å²) < 4.78 is 25.8. The van der Waals surface area contributed by atoms with Crippen LogP contribution in [0.15, 0.2) is 29.2 Å². The fourth-order valence-electron chi connectivity index (χ4n) is 1.23. The molecule has 4 nitrogen and oxygen atoms in total. The van der Waals surface area contributed by atoms with Crippen molar-refractivity contribution in [1.29, 1.82) is 0 Å². The maximum Gasteiger partial charge on any atom is 0.240 e. The number of hydrogen-bond donors (Lipinski definition) is 2. The van der Waals surface area contributed by atoms with E-state index in [0.29, 0.717) is 18.5 Å². The van der Waals surface area contributed by atoms with Gasteiger partial charge in [0.1, 0.15) is 0 Å². The quantitative estimate of drug-likeness (QED) is 0.777. The molecule has 92 valence electrons. The highest BCUT2D eigenvalue weighted by Crippen LogP contribution is 2.10. The topological polar surface area (TPSA) is 66.4 Å². The Morgan fingerprint density at radius 2 is 2.18 bits per heavy atom. The average Bonchev–Trinajstić information content (AvgIpc) is 2.30. The molecular formula is C12H15NO3S. The van der Waals surface area contributed by atoms with E-state index in [4.69, 9.17) is 5.11 Å². The number of hydrogen-bond acceptors (Lipinski definition) is 3. The number of sulfonamides is 1. The number of benzene rings is 1. The molecule has 1 aromatic rings. The number of rotatable bonds is 4. The molecule has 0 saturated heterocycles. The van der Waals surface area contributed by atoms with Crippen molar-refractivity contribution < 1.29 is 13.5 Å². The molecule has 0 bridgehead atoms. The van der Waals surface area contributed by atoms with E-state index in [1.165, 1.54) is 12.1 Å². The summed E-state index contributed by atoms with van der Waals surface area (Å²) in [5.74, 6) is 5.54. The third-order valence-corrected chi connectivity index (χ3v) is 3.49. The lowest BCUT2D eigenvalue weighted by Crippen LogP contribution is -2.23. The first kappa shape index (κ1) is 13.7. The Labute approximate surface area is 102 Å². The number of aliphatic hydroxyl groups excluding tert-OH is 1. The Bertz CT molecular complexity index is 526. The Kier molecular flexibility index (Phi) is 5.16. The van der Waals surface area contributed by atoms with Gasteiger partial charge >= 0.3 is 0 Å². The molecule has 1 rings (SSSR count). The lowest BCUT2D eigenvalue weighted by Gasteiger charge is -2.04. The maximum absolute atomic E-state index is 11.7. The van der Waals surface area contributed by atoms with Gasteiger partial charge in [0.05, 0.1) is 11.5 Å². The largest absolute Gasteiger partial charge is 0.395 e. The van der Waals surface area contributed by atoms with Crippen LogP contribution in [-0.2, 0) is 10.0 Å². The molecule has 5 heteroatoms. The van der Waals surface area contributed by atoms with Gasteiger partial charge in [0.2, 0.25) is 10.0 Å². The zero-order chi connectivity index (χ0) is 12.7. The van der Waals surface area contributed by atoms with Gasteiger partial charge in [-0.2, -0.15) is 0 Å². The molecule has 0 aromatic heterocycles. The van der Waals surface area contributed by atoms with E-state index in [1.807, 2.05) is 0 Å². The molecule has 1 aromatic carbocycles. The maximum atomic E-state index is 11.7. The monoisotopic (exact) mass is 253 g/mol. The molecule has 0 aliphatic heterocycles. The lowest BCUT2D eigenvalue weighted by molar-refractivity contribution is 0.305. The van der Waals surface area contributed by atoms with Gasteiger partial charge in [-0.15, -0.1) is 0 Å². The predicted octanol–water partition coefficient (Wildman–Crippen LogP) is 0.719. The van der Waals surface area contributed by atoms with Crippen LogP contribution in [-0.4, -0.2) is 26.7 Å². The fourth-order valence-corrected chi connectivity index (χ4v) is 2.32. The number of aliphatic hydroxyl groups is 1. The minimum Gasteiger partial charge on any atom is -0.395 e. The predicted molar refractivity (Wildman–Crippen MR) is 65.9 cm³/mol. The van der Waals surface area contributed by atoms with E-state index in [9.17, 15) is 8.42 Å². The van der Waals surface area contributed by atoms with Crippen LogP contribution in [0.1, 0.15) is 18.9 Å². The lowest BCUT2D eigenvalue weighted by atomic mass is 10.2. The highest BCUT2D eigenvalue weighted by Gasteiger charge is 2.11. The minimum atomic E-state index is -3.43. The van der Waals surface area contributed by atoms with E-state index in [-0.39, 0.29) is 11.5 Å². The average molecular weight is 253 g/mol. The van der Waals surface area contributed by atoms with Gasteiger partial charge < -0.3 is 5.11 Å². The molecule has 0 amide bonds. The van der Waals surface area contributed by atoms with Gasteiger partial charge in [-0.1, -0.05) is 24.8 Å². The van der Waals surface area contributed by atoms with E-state index in [2.05, 4.69) is 16.6 Å². The first-order chi connectivity index (χ1) is 8.10. The summed E-state index contributed by atoms with van der Waals surface area (Å²) in [6.07, 6.45) is 0.379. The van der Waals surface area contributed by atoms with Gasteiger partial charge in [-0.25, -0.2) is 13.1 Å². The van der Waals surface area contributed by atoms with Crippen molar-refractivity contribution >= 4 is 10.0 Å². The summed E-state index contributed by atoms with van der Waals surface area (Å²) in [5.41, 5.74) is 0.623. The van der Waals surface area contributed by atoms with Crippen LogP contribution in [0.4, 0.5) is 0 Å². The van der Waals surface area contributed by atoms with Crippen LogP contribution in [0.25, 0.3) is 0 Å². The van der Waals surface area contributed by atoms with E-state index < -0.39 is 10.0 Å². The Morgan fingerprint density at radius 3 is 2.82 bits per heavy atom. The molecule has 0 radical (unpaired) electrons. The Hall–Kier alpha value is -1.35. The molecule has 0 aliphatic carbocycles. The van der Waals surface area contributed by atoms with Crippen LogP contribution in [0, 0.1) is 11.8 Å². The second-order valence-corrected chi connectivity index (χ2v) is 5.07. The molecule has 0 atom stereocenters. The van der Waals surface area contributed by atoms with Gasteiger partial charge in [-0.3, -0.25) is 0 Å². The molecule has 17 heavy (non-hydrogen) atoms. The minimum absolute atomic E-state index is 0.00236. The molecule has 0 spiro atoms. The molecule has 0 unspecified atom stereocenters. The summed E-state index contributed by atoms with van der Waals surface area (Å²) >= 11 is 0. The van der Waals surface area contributed by atoms with Crippen molar-refractivity contribution in [3.63, 3.8) is 0 Å². The third-order valence-electron chi connectivity index (χ3n) is 1.95. The standard InChI is InChI=1S/C12H15NO3S/c1-2-13-17(15,16)12-8-5-7-11(10-12)6-3-4-9-14/h5,7-8,10,13-14H,2,4,9H2,1H3. The van der Waals surface area contributed by atoms with Gasteiger partial charge in [0, 0.05) is 18.5 Å². The highest BCUT2D eigenvalue weighted by molar-refractivity contribution is 7.89. The van der Waals surface area contributed by atoms with Gasteiger partial charge in [-0.05, 0) is 18.2 Å². The highest BCUT2D eigenvalue weighted by atomic mass is 32.2. The van der Waals surface area contributed by atoms with Crippen molar-refractivity contribution in [2.75, 3.05) is 13.2 Å². The zero-order valence-corrected chi connectivity index (χ0v) is 10.4. The second-order valence-electron chi connectivity index (χ2n) is 3.30. The van der Waals surface area contributed by atoms with Crippen molar-refractivity contribution in [3.8, 4) is 11.8 Å². The molecule has 0 aliphatic rings. The van der Waals surface area contributed by atoms with Crippen LogP contribution in [0.2, 0.25) is 0 Å². The molecular weight excluding hydrogens is 238 g/mol. The van der Waals surface area contributed by atoms with Crippen molar-refractivity contribution in [2.24, 2.45) is 0 Å². The summed E-state index contributed by atoms with van der Waals surface area (Å²) in [4.78, 5) is 0.204. The molecule has 0 saturated carbocycles. The Morgan fingerprint density at radius 1 is 1.41 bits per heavy atom. The van der Waals surface area contributed by atoms with Crippen molar-refractivity contribution in [3.05, 3.63) is 29.8 Å². The zero-order valence-electron chi connectivity index (χ0n) is 9.60. The third kappa shape index (κ3) is 4.19. The van der Waals surface area contributed by atoms with E-state index in [0.717, 1.165) is 0 Å². The Balaban J connectivity index is 2.99. The van der Waals surface area contributed by atoms with Crippen LogP contribution in [0.3, 0.4) is 0 Å². The fraction of sp³-hybridized carbons (Fsp3) is 0.333. The summed E-state index contributed by atoms with van der Waals surface area (Å²) in [5, 5.41) is 8.59. The summed E-state index contributed by atoms with van der Waals surface area (Å²) in [6.45, 7) is 2.08. The van der Waals surface area contributed by atoms with Crippen LogP contribution in [0.5, 0.6) is 0 Å². The normalized spacial score (nSPS) is 10.7. The van der Waals surface area contributed by atoms with Crippen LogP contribution >= 0.6 is 0 Å². The smallest absolute Gasteiger partial charge is 0.240 e. The van der Waals surface area contributed by atoms with Crippen molar-refractivity contribution in [2.45, 2.75) is 18.2 Å². The number of nitrogens with one attached hydrogen (secondary N) is 1. The van der Waals surface area contributed by atoms with E-state index >= 15 is 0 Å². The molecule has 2 N–H and O–H groups in total. The first-order valence-corrected chi connectivity index (χ1v) is 6.78. The van der Waals surface area contributed by atoms with E-state index in [1.54, 1.807) is 19.1 Å². The summed E-state index contributed by atoms with van der Waals surface area (Å²) in [6, 6.07) is 6.42. The van der Waals surface area contributed by atoms with Gasteiger partial charge in [0.25, 0.3) is 0 Å². The second kappa shape index (κ2) is 6.40. The summed E-state index contributed by atoms with van der Waals surface area (Å²) in [7, 11) is -3.43. The van der Waals surface area contributed by atoms with Crippen molar-refractivity contribution in [1.82, 2.24) is 4.72 Å². The first-order valence-electron chi connectivity index (χ1n) is 5.29. The SMILES string of the molecule is CCNS(=O)(=O)c1cccc(C#CCCO)c1. The molecule has 0 fully saturated rings. The van der Waals surface area contributed by atoms with Gasteiger partial charge in [0.15, 0.2) is 0 Å². The van der Waals surface area contributed by atoms with Crippen LogP contribution < -0.4 is 4.72 Å². The molecule has 0 heterocycles.